The molecule has 0 saturated carbocycles. The Morgan fingerprint density at radius 1 is 1.18 bits per heavy atom. The minimum Gasteiger partial charge on any atom is -0.481 e. The van der Waals surface area contributed by atoms with Crippen LogP contribution in [-0.4, -0.2) is 47.2 Å². The number of nitrogens with two attached hydrogens (primary N) is 1. The molecule has 0 spiro atoms. The second kappa shape index (κ2) is 5.07. The average molecular weight is 271 g/mol. The molecule has 0 radical (unpaired) electrons. The molecule has 10 nitrogen and oxygen atoms in total. The van der Waals surface area contributed by atoms with Gasteiger partial charge in [-0.1, -0.05) is 0 Å². The molecule has 98 valence electrons. The molecule has 0 bridgehead atoms. The third-order valence-corrected chi connectivity index (χ3v) is 1.91. The van der Waals surface area contributed by atoms with Crippen LogP contribution in [0.1, 0.15) is 12.8 Å². The van der Waals surface area contributed by atoms with Crippen molar-refractivity contribution < 1.29 is 42.3 Å². The topological polar surface area (TPSA) is 181 Å². The summed E-state index contributed by atoms with van der Waals surface area (Å²) in [7, 11) is -4.65. The first kappa shape index (κ1) is 15.3. The Kier molecular flexibility index (Phi) is 4.56. The second-order valence-electron chi connectivity index (χ2n) is 3.03. The van der Waals surface area contributed by atoms with Crippen molar-refractivity contribution in [2.75, 3.05) is 0 Å². The quantitative estimate of drug-likeness (QED) is 0.402. The average Bonchev–Trinajstić information content (AvgIpc) is 1.96. The summed E-state index contributed by atoms with van der Waals surface area (Å²) in [5, 5.41) is 30.5. The zero-order valence-electron chi connectivity index (χ0n) is 8.19. The third kappa shape index (κ3) is 5.79. The van der Waals surface area contributed by atoms with E-state index >= 15 is 0 Å². The molecule has 0 rings (SSSR count). The van der Waals surface area contributed by atoms with Crippen molar-refractivity contribution in [2.45, 2.75) is 18.4 Å². The van der Waals surface area contributed by atoms with Gasteiger partial charge < -0.3 is 19.5 Å². The molecule has 17 heavy (non-hydrogen) atoms. The van der Waals surface area contributed by atoms with E-state index in [4.69, 9.17) is 10.2 Å². The van der Waals surface area contributed by atoms with Gasteiger partial charge in [0.2, 0.25) is 0 Å². The number of carbonyl (C=O) groups excluding carboxylic acids is 1. The van der Waals surface area contributed by atoms with E-state index in [0.717, 1.165) is 0 Å². The highest BCUT2D eigenvalue weighted by atomic mass is 32.2. The van der Waals surface area contributed by atoms with Gasteiger partial charge >= 0.3 is 28.2 Å². The van der Waals surface area contributed by atoms with Gasteiger partial charge in [-0.25, -0.2) is 4.79 Å². The lowest BCUT2D eigenvalue weighted by Gasteiger charge is -2.19. The maximum atomic E-state index is 10.9. The van der Waals surface area contributed by atoms with E-state index in [1.807, 2.05) is 0 Å². The van der Waals surface area contributed by atoms with Crippen molar-refractivity contribution >= 4 is 28.2 Å². The third-order valence-electron chi connectivity index (χ3n) is 1.49. The summed E-state index contributed by atoms with van der Waals surface area (Å²) in [6.45, 7) is 0. The van der Waals surface area contributed by atoms with Crippen molar-refractivity contribution in [1.29, 1.82) is 0 Å². The van der Waals surface area contributed by atoms with Crippen LogP contribution in [0, 0.1) is 0 Å². The van der Waals surface area contributed by atoms with Crippen LogP contribution in [0.25, 0.3) is 0 Å². The predicted molar refractivity (Wildman–Crippen MR) is 48.7 cm³/mol. The Bertz CT molecular complexity index is 440. The fraction of sp³-hybridized carbons (Fsp3) is 0.500. The second-order valence-corrected chi connectivity index (χ2v) is 4.18. The molecule has 1 unspecified atom stereocenters. The predicted octanol–water partition coefficient (Wildman–Crippen LogP) is -2.59. The number of rotatable bonds is 6. The van der Waals surface area contributed by atoms with E-state index in [2.05, 4.69) is 9.32 Å². The lowest BCUT2D eigenvalue weighted by atomic mass is 9.96. The lowest BCUT2D eigenvalue weighted by Crippen LogP contribution is -2.43. The number of hydrogen-bond acceptors (Lipinski definition) is 7. The van der Waals surface area contributed by atoms with Crippen molar-refractivity contribution in [1.82, 2.24) is 0 Å². The highest BCUT2D eigenvalue weighted by molar-refractivity contribution is 7.84. The van der Waals surface area contributed by atoms with Crippen molar-refractivity contribution in [3.05, 3.63) is 0 Å². The molecule has 0 aromatic rings. The Morgan fingerprint density at radius 3 is 1.94 bits per heavy atom. The summed E-state index contributed by atoms with van der Waals surface area (Å²) in [5.74, 6) is -5.39. The number of aliphatic carboxylic acids is 2. The zero-order chi connectivity index (χ0) is 13.9. The molecular weight excluding hydrogens is 262 g/mol. The summed E-state index contributed by atoms with van der Waals surface area (Å²) in [4.78, 5) is 31.7. The molecule has 0 fully saturated rings. The molecule has 1 atom stereocenters. The van der Waals surface area contributed by atoms with Crippen LogP contribution in [0.15, 0.2) is 0 Å². The number of hydrogen-bond donors (Lipinski definition) is 4. The number of carboxylic acid groups (broad SMARTS) is 2. The summed E-state index contributed by atoms with van der Waals surface area (Å²) >= 11 is 0. The van der Waals surface area contributed by atoms with Gasteiger partial charge in [-0.05, 0) is 0 Å². The van der Waals surface area contributed by atoms with Crippen LogP contribution >= 0.6 is 0 Å². The van der Waals surface area contributed by atoms with Gasteiger partial charge in [0, 0.05) is 0 Å². The molecule has 0 amide bonds. The van der Waals surface area contributed by atoms with Crippen molar-refractivity contribution in [3.8, 4) is 0 Å². The van der Waals surface area contributed by atoms with Gasteiger partial charge in [0.1, 0.15) is 0 Å². The largest absolute Gasteiger partial charge is 0.481 e. The summed E-state index contributed by atoms with van der Waals surface area (Å²) in [6.07, 6.45) is -2.67. The summed E-state index contributed by atoms with van der Waals surface area (Å²) < 4.78 is 24.2. The van der Waals surface area contributed by atoms with Crippen LogP contribution < -0.4 is 5.14 Å². The Labute approximate surface area is 94.9 Å². The van der Waals surface area contributed by atoms with Gasteiger partial charge in [-0.15, -0.1) is 0 Å². The van der Waals surface area contributed by atoms with E-state index in [0.29, 0.717) is 0 Å². The van der Waals surface area contributed by atoms with Gasteiger partial charge in [0.05, 0.1) is 12.8 Å². The molecule has 0 aliphatic heterocycles. The maximum Gasteiger partial charge on any atom is 0.382 e. The van der Waals surface area contributed by atoms with Gasteiger partial charge in [0.25, 0.3) is 0 Å². The zero-order valence-corrected chi connectivity index (χ0v) is 9.01. The molecule has 0 aliphatic carbocycles. The van der Waals surface area contributed by atoms with Crippen molar-refractivity contribution in [2.24, 2.45) is 5.14 Å². The van der Waals surface area contributed by atoms with Crippen LogP contribution in [-0.2, 0) is 28.9 Å². The number of carboxylic acids is 2. The van der Waals surface area contributed by atoms with E-state index in [9.17, 15) is 27.9 Å². The molecule has 0 aliphatic rings. The fourth-order valence-corrected chi connectivity index (χ4v) is 1.18. The van der Waals surface area contributed by atoms with Gasteiger partial charge in [-0.3, -0.25) is 9.59 Å². The standard InChI is InChI=1S/C6H9NO9S/c7-17(14,15)16-4(10)2-6(13,5(11)12)1-3(8)9/h13H,1-2H2,(H,8,9)(H,11,12)(H2,7,14,15). The van der Waals surface area contributed by atoms with Gasteiger partial charge in [0.15, 0.2) is 5.60 Å². The van der Waals surface area contributed by atoms with Crippen molar-refractivity contribution in [3.63, 3.8) is 0 Å². The van der Waals surface area contributed by atoms with Crippen LogP contribution in [0.5, 0.6) is 0 Å². The fourth-order valence-electron chi connectivity index (χ4n) is 0.862. The van der Waals surface area contributed by atoms with E-state index in [-0.39, 0.29) is 0 Å². The van der Waals surface area contributed by atoms with E-state index in [1.54, 1.807) is 0 Å². The molecule has 5 N–H and O–H groups in total. The molecule has 0 aromatic carbocycles. The van der Waals surface area contributed by atoms with Gasteiger partial charge in [-0.2, -0.15) is 13.6 Å². The first-order chi connectivity index (χ1) is 7.46. The maximum absolute atomic E-state index is 10.9. The molecule has 0 saturated heterocycles. The first-order valence-corrected chi connectivity index (χ1v) is 5.36. The monoisotopic (exact) mass is 271 g/mol. The number of aliphatic hydroxyl groups is 1. The number of carbonyl (C=O) groups is 3. The summed E-state index contributed by atoms with van der Waals surface area (Å²) in [5.41, 5.74) is -2.96. The highest BCUT2D eigenvalue weighted by Crippen LogP contribution is 2.17. The lowest BCUT2D eigenvalue weighted by molar-refractivity contribution is -0.169. The minimum absolute atomic E-state index is 1.30. The molecule has 0 heterocycles. The Balaban J connectivity index is 4.84. The van der Waals surface area contributed by atoms with Crippen LogP contribution in [0.2, 0.25) is 0 Å². The Morgan fingerprint density at radius 2 is 1.65 bits per heavy atom. The Hall–Kier alpha value is -1.72. The SMILES string of the molecule is NS(=O)(=O)OC(=O)CC(O)(CC(=O)O)C(=O)O. The van der Waals surface area contributed by atoms with E-state index < -0.39 is 46.7 Å². The molecular formula is C6H9NO9S. The normalized spacial score (nSPS) is 14.7. The first-order valence-electron chi connectivity index (χ1n) is 3.89. The summed E-state index contributed by atoms with van der Waals surface area (Å²) in [6, 6.07) is 0. The molecule has 0 aromatic heterocycles. The smallest absolute Gasteiger partial charge is 0.382 e. The van der Waals surface area contributed by atoms with E-state index in [1.165, 1.54) is 0 Å². The highest BCUT2D eigenvalue weighted by Gasteiger charge is 2.42. The molecule has 11 heteroatoms. The minimum atomic E-state index is -4.65. The van der Waals surface area contributed by atoms with Crippen LogP contribution in [0.3, 0.4) is 0 Å². The van der Waals surface area contributed by atoms with Crippen LogP contribution in [0.4, 0.5) is 0 Å².